The van der Waals surface area contributed by atoms with Crippen LogP contribution in [0.25, 0.3) is 11.1 Å². The Morgan fingerprint density at radius 3 is 2.60 bits per heavy atom. The highest BCUT2D eigenvalue weighted by Crippen LogP contribution is 2.33. The van der Waals surface area contributed by atoms with Gasteiger partial charge >= 0.3 is 6.18 Å². The van der Waals surface area contributed by atoms with Crippen molar-refractivity contribution in [3.63, 3.8) is 0 Å². The van der Waals surface area contributed by atoms with E-state index in [2.05, 4.69) is 9.88 Å². The Kier molecular flexibility index (Phi) is 6.98. The standard InChI is InChI=1S/C26H26F3N3O3/c1-31(2)25(34)22-6-4-3-5-21(22)17-7-9-23(18(13-17)16-33)32-12-11-20(15-32)35-24-10-8-19(14-30-24)26(27,28)29/h3-10,13-14,20,33H,11-12,15-16H2,1-2H3/t20-/m0/s1. The van der Waals surface area contributed by atoms with E-state index in [1.807, 2.05) is 36.4 Å². The van der Waals surface area contributed by atoms with E-state index < -0.39 is 11.7 Å². The van der Waals surface area contributed by atoms with Gasteiger partial charge < -0.3 is 19.6 Å². The molecule has 3 aromatic rings. The lowest BCUT2D eigenvalue weighted by Crippen LogP contribution is -2.25. The Hall–Kier alpha value is -3.59. The van der Waals surface area contributed by atoms with Crippen LogP contribution in [0.5, 0.6) is 5.88 Å². The number of anilines is 1. The predicted molar refractivity (Wildman–Crippen MR) is 126 cm³/mol. The molecule has 1 fully saturated rings. The summed E-state index contributed by atoms with van der Waals surface area (Å²) in [5.74, 6) is 0.0383. The minimum absolute atomic E-state index is 0.105. The number of aromatic nitrogens is 1. The van der Waals surface area contributed by atoms with Crippen LogP contribution in [0.2, 0.25) is 0 Å². The molecule has 9 heteroatoms. The van der Waals surface area contributed by atoms with E-state index in [1.165, 1.54) is 11.0 Å². The summed E-state index contributed by atoms with van der Waals surface area (Å²) in [5, 5.41) is 10.1. The van der Waals surface area contributed by atoms with Crippen molar-refractivity contribution < 1.29 is 27.8 Å². The fourth-order valence-corrected chi connectivity index (χ4v) is 4.18. The maximum Gasteiger partial charge on any atom is 0.417 e. The SMILES string of the molecule is CN(C)C(=O)c1ccccc1-c1ccc(N2CC[C@H](Oc3ccc(C(F)(F)F)cn3)C2)c(CO)c1. The van der Waals surface area contributed by atoms with Gasteiger partial charge in [0.25, 0.3) is 5.91 Å². The highest BCUT2D eigenvalue weighted by Gasteiger charge is 2.31. The lowest BCUT2D eigenvalue weighted by Gasteiger charge is -2.23. The van der Waals surface area contributed by atoms with Gasteiger partial charge in [-0.05, 0) is 35.4 Å². The van der Waals surface area contributed by atoms with E-state index in [1.54, 1.807) is 20.2 Å². The quantitative estimate of drug-likeness (QED) is 0.552. The smallest absolute Gasteiger partial charge is 0.417 e. The molecule has 35 heavy (non-hydrogen) atoms. The monoisotopic (exact) mass is 485 g/mol. The molecule has 2 heterocycles. The molecular weight excluding hydrogens is 459 g/mol. The molecule has 0 bridgehead atoms. The van der Waals surface area contributed by atoms with E-state index >= 15 is 0 Å². The highest BCUT2D eigenvalue weighted by atomic mass is 19.4. The molecule has 184 valence electrons. The van der Waals surface area contributed by atoms with E-state index in [0.717, 1.165) is 29.1 Å². The minimum atomic E-state index is -4.44. The van der Waals surface area contributed by atoms with Crippen LogP contribution < -0.4 is 9.64 Å². The van der Waals surface area contributed by atoms with Gasteiger partial charge in [-0.25, -0.2) is 4.98 Å². The van der Waals surface area contributed by atoms with Crippen LogP contribution in [0.1, 0.15) is 27.9 Å². The molecule has 0 radical (unpaired) electrons. The largest absolute Gasteiger partial charge is 0.472 e. The second kappa shape index (κ2) is 9.95. The van der Waals surface area contributed by atoms with Crippen molar-refractivity contribution in [3.05, 3.63) is 77.5 Å². The normalized spacial score (nSPS) is 15.8. The van der Waals surface area contributed by atoms with Crippen molar-refractivity contribution in [1.29, 1.82) is 0 Å². The molecule has 1 amide bonds. The molecule has 1 aromatic heterocycles. The van der Waals surface area contributed by atoms with Crippen LogP contribution in [0.15, 0.2) is 60.8 Å². The van der Waals surface area contributed by atoms with Crippen molar-refractivity contribution in [2.45, 2.75) is 25.3 Å². The van der Waals surface area contributed by atoms with E-state index in [0.29, 0.717) is 30.6 Å². The van der Waals surface area contributed by atoms with Gasteiger partial charge in [0.1, 0.15) is 6.10 Å². The summed E-state index contributed by atoms with van der Waals surface area (Å²) in [6, 6.07) is 15.2. The van der Waals surface area contributed by atoms with Gasteiger partial charge in [-0.1, -0.05) is 24.3 Å². The molecule has 6 nitrogen and oxygen atoms in total. The zero-order valence-electron chi connectivity index (χ0n) is 19.4. The summed E-state index contributed by atoms with van der Waals surface area (Å²) < 4.78 is 44.0. The van der Waals surface area contributed by atoms with Gasteiger partial charge in [-0.3, -0.25) is 4.79 Å². The number of pyridine rings is 1. The van der Waals surface area contributed by atoms with Crippen LogP contribution in [-0.2, 0) is 12.8 Å². The minimum Gasteiger partial charge on any atom is -0.472 e. The molecule has 0 aliphatic carbocycles. The molecule has 0 spiro atoms. The number of carbonyl (C=O) groups is 1. The number of ether oxygens (including phenoxy) is 1. The number of hydrogen-bond donors (Lipinski definition) is 1. The number of rotatable bonds is 6. The summed E-state index contributed by atoms with van der Waals surface area (Å²) in [4.78, 5) is 20.0. The zero-order valence-corrected chi connectivity index (χ0v) is 19.4. The van der Waals surface area contributed by atoms with Crippen molar-refractivity contribution >= 4 is 11.6 Å². The lowest BCUT2D eigenvalue weighted by molar-refractivity contribution is -0.137. The number of nitrogens with zero attached hydrogens (tertiary/aromatic N) is 3. The summed E-state index contributed by atoms with van der Waals surface area (Å²) >= 11 is 0. The third-order valence-corrected chi connectivity index (χ3v) is 5.96. The molecule has 1 aliphatic heterocycles. The number of aliphatic hydroxyl groups is 1. The van der Waals surface area contributed by atoms with E-state index in [-0.39, 0.29) is 24.5 Å². The number of benzene rings is 2. The number of halogens is 3. The van der Waals surface area contributed by atoms with Gasteiger partial charge in [0, 0.05) is 56.1 Å². The maximum absolute atomic E-state index is 12.7. The first-order chi connectivity index (χ1) is 16.7. The van der Waals surface area contributed by atoms with Crippen molar-refractivity contribution in [3.8, 4) is 17.0 Å². The highest BCUT2D eigenvalue weighted by molar-refractivity contribution is 6.00. The Balaban J connectivity index is 1.51. The predicted octanol–water partition coefficient (Wildman–Crippen LogP) is 4.62. The topological polar surface area (TPSA) is 65.9 Å². The molecule has 0 saturated carbocycles. The Morgan fingerprint density at radius 1 is 1.17 bits per heavy atom. The number of hydrogen-bond acceptors (Lipinski definition) is 5. The van der Waals surface area contributed by atoms with Gasteiger partial charge in [-0.2, -0.15) is 13.2 Å². The lowest BCUT2D eigenvalue weighted by atomic mass is 9.96. The average molecular weight is 486 g/mol. The first-order valence-electron chi connectivity index (χ1n) is 11.2. The molecule has 1 saturated heterocycles. The van der Waals surface area contributed by atoms with Crippen LogP contribution in [0, 0.1) is 0 Å². The second-order valence-corrected chi connectivity index (χ2v) is 8.60. The molecule has 4 rings (SSSR count). The van der Waals surface area contributed by atoms with Gasteiger partial charge in [0.2, 0.25) is 5.88 Å². The summed E-state index contributed by atoms with van der Waals surface area (Å²) in [5.41, 5.74) is 2.92. The first-order valence-corrected chi connectivity index (χ1v) is 11.2. The van der Waals surface area contributed by atoms with E-state index in [9.17, 15) is 23.1 Å². The molecule has 1 N–H and O–H groups in total. The Bertz CT molecular complexity index is 1200. The van der Waals surface area contributed by atoms with Crippen LogP contribution in [-0.4, -0.2) is 54.2 Å². The summed E-state index contributed by atoms with van der Waals surface area (Å²) in [6.45, 7) is 0.980. The molecule has 1 atom stereocenters. The molecular formula is C26H26F3N3O3. The fourth-order valence-electron chi connectivity index (χ4n) is 4.18. The van der Waals surface area contributed by atoms with Crippen LogP contribution >= 0.6 is 0 Å². The number of amides is 1. The van der Waals surface area contributed by atoms with Crippen LogP contribution in [0.3, 0.4) is 0 Å². The first kappa shape index (κ1) is 24.5. The van der Waals surface area contributed by atoms with Crippen molar-refractivity contribution in [2.75, 3.05) is 32.1 Å². The second-order valence-electron chi connectivity index (χ2n) is 8.60. The zero-order chi connectivity index (χ0) is 25.2. The average Bonchev–Trinajstić information content (AvgIpc) is 3.31. The molecule has 2 aromatic carbocycles. The maximum atomic E-state index is 12.7. The van der Waals surface area contributed by atoms with Gasteiger partial charge in [0.05, 0.1) is 18.7 Å². The Morgan fingerprint density at radius 2 is 1.94 bits per heavy atom. The molecule has 0 unspecified atom stereocenters. The van der Waals surface area contributed by atoms with Gasteiger partial charge in [0.15, 0.2) is 0 Å². The number of alkyl halides is 3. The van der Waals surface area contributed by atoms with Crippen molar-refractivity contribution in [1.82, 2.24) is 9.88 Å². The summed E-state index contributed by atoms with van der Waals surface area (Å²) in [7, 11) is 3.40. The van der Waals surface area contributed by atoms with Gasteiger partial charge in [-0.15, -0.1) is 0 Å². The third-order valence-electron chi connectivity index (χ3n) is 5.96. The Labute approximate surface area is 201 Å². The fraction of sp³-hybridized carbons (Fsp3) is 0.308. The number of aliphatic hydroxyl groups excluding tert-OH is 1. The third kappa shape index (κ3) is 5.40. The van der Waals surface area contributed by atoms with Crippen molar-refractivity contribution in [2.24, 2.45) is 0 Å². The van der Waals surface area contributed by atoms with Crippen LogP contribution in [0.4, 0.5) is 18.9 Å². The van der Waals surface area contributed by atoms with E-state index in [4.69, 9.17) is 4.74 Å². The summed E-state index contributed by atoms with van der Waals surface area (Å²) in [6.07, 6.45) is -3.26. The molecule has 1 aliphatic rings. The number of carbonyl (C=O) groups excluding carboxylic acids is 1.